The lowest BCUT2D eigenvalue weighted by atomic mass is 10.1. The van der Waals surface area contributed by atoms with Crippen LogP contribution in [0.4, 0.5) is 28.4 Å². The lowest BCUT2D eigenvalue weighted by molar-refractivity contribution is -0.384. The van der Waals surface area contributed by atoms with Crippen molar-refractivity contribution in [1.82, 2.24) is 0 Å². The number of nitrogens with two attached hydrogens (primary N) is 2. The average Bonchev–Trinajstić information content (AvgIpc) is 2.96. The van der Waals surface area contributed by atoms with Crippen molar-refractivity contribution in [3.05, 3.63) is 87.5 Å². The minimum absolute atomic E-state index is 0.0272. The molecule has 0 radical (unpaired) electrons. The fourth-order valence-electron chi connectivity index (χ4n) is 3.55. The van der Waals surface area contributed by atoms with E-state index in [1.165, 1.54) is 13.8 Å². The number of ether oxygens (including phenoxy) is 1. The first kappa shape index (κ1) is 32.3. The van der Waals surface area contributed by atoms with Gasteiger partial charge in [0.25, 0.3) is 5.69 Å². The molecule has 5 N–H and O–H groups in total. The number of nitrogens with zero attached hydrogens (tertiary/aromatic N) is 4. The number of anilines is 4. The van der Waals surface area contributed by atoms with Crippen LogP contribution in [0.3, 0.4) is 0 Å². The normalized spacial score (nSPS) is 9.71. The Kier molecular flexibility index (Phi) is 12.0. The number of hydrogen-bond acceptors (Lipinski definition) is 11. The number of nitrogens with one attached hydrogen (secondary N) is 1. The van der Waals surface area contributed by atoms with Crippen LogP contribution in [0.25, 0.3) is 0 Å². The summed E-state index contributed by atoms with van der Waals surface area (Å²) in [5.74, 6) is -0.856. The number of esters is 1. The van der Waals surface area contributed by atoms with Gasteiger partial charge < -0.3 is 26.4 Å². The van der Waals surface area contributed by atoms with E-state index in [9.17, 15) is 24.5 Å². The zero-order valence-electron chi connectivity index (χ0n) is 23.0. The number of carbonyl (C=O) groups is 3. The summed E-state index contributed by atoms with van der Waals surface area (Å²) in [6.45, 7) is 3.51. The van der Waals surface area contributed by atoms with Gasteiger partial charge in [0.1, 0.15) is 18.7 Å². The third-order valence-corrected chi connectivity index (χ3v) is 5.57. The molecule has 3 aromatic carbocycles. The van der Waals surface area contributed by atoms with Gasteiger partial charge >= 0.3 is 5.97 Å². The third kappa shape index (κ3) is 9.98. The molecule has 1 amide bonds. The number of hydrogen-bond donors (Lipinski definition) is 3. The number of benzene rings is 3. The van der Waals surface area contributed by atoms with Crippen molar-refractivity contribution in [2.24, 2.45) is 0 Å². The number of ketones is 1. The van der Waals surface area contributed by atoms with Crippen molar-refractivity contribution in [2.75, 3.05) is 34.8 Å². The number of nitro groups is 1. The number of carbonyl (C=O) groups excluding carboxylic acids is 3. The highest BCUT2D eigenvalue weighted by Crippen LogP contribution is 2.27. The molecule has 0 saturated heterocycles. The summed E-state index contributed by atoms with van der Waals surface area (Å²) in [7, 11) is 0. The average molecular weight is 572 g/mol. The molecule has 3 aromatic rings. The Hall–Kier alpha value is -5.95. The monoisotopic (exact) mass is 571 g/mol. The predicted molar refractivity (Wildman–Crippen MR) is 156 cm³/mol. The molecular formula is C29H29N7O6. The first-order valence-electron chi connectivity index (χ1n) is 12.4. The molecule has 0 atom stereocenters. The fraction of sp³-hybridized carbons (Fsp3) is 0.207. The van der Waals surface area contributed by atoms with Gasteiger partial charge in [-0.1, -0.05) is 30.3 Å². The van der Waals surface area contributed by atoms with E-state index >= 15 is 0 Å². The van der Waals surface area contributed by atoms with Crippen LogP contribution >= 0.6 is 0 Å². The SMILES string of the molecule is CC(=O)COC(=O)CCN(Cc1ccccc1)c1ccc(N)c(NC(C)=O)c1.N#Cc1cc([N+](=O)[O-])cc(C#N)c1N. The van der Waals surface area contributed by atoms with E-state index < -0.39 is 10.9 Å². The van der Waals surface area contributed by atoms with Crippen LogP contribution in [-0.4, -0.2) is 35.7 Å². The second kappa shape index (κ2) is 15.6. The second-order valence-electron chi connectivity index (χ2n) is 8.91. The number of non-ortho nitro benzene ring substituents is 1. The zero-order chi connectivity index (χ0) is 31.2. The Morgan fingerprint density at radius 1 is 1.00 bits per heavy atom. The predicted octanol–water partition coefficient (Wildman–Crippen LogP) is 3.68. The minimum Gasteiger partial charge on any atom is -0.458 e. The van der Waals surface area contributed by atoms with E-state index in [1.807, 2.05) is 41.3 Å². The highest BCUT2D eigenvalue weighted by molar-refractivity contribution is 5.93. The van der Waals surface area contributed by atoms with Gasteiger partial charge in [0, 0.05) is 37.8 Å². The molecule has 13 nitrogen and oxygen atoms in total. The smallest absolute Gasteiger partial charge is 0.308 e. The molecule has 216 valence electrons. The maximum absolute atomic E-state index is 11.9. The summed E-state index contributed by atoms with van der Waals surface area (Å²) < 4.78 is 4.94. The summed E-state index contributed by atoms with van der Waals surface area (Å²) in [6.07, 6.45) is 0.125. The van der Waals surface area contributed by atoms with Gasteiger partial charge in [-0.2, -0.15) is 10.5 Å². The lowest BCUT2D eigenvalue weighted by Crippen LogP contribution is -2.27. The number of nitro benzene ring substituents is 1. The number of amides is 1. The Labute approximate surface area is 242 Å². The minimum atomic E-state index is -0.679. The van der Waals surface area contributed by atoms with Crippen molar-refractivity contribution < 1.29 is 24.0 Å². The topological polar surface area (TPSA) is 218 Å². The Balaban J connectivity index is 0.000000369. The van der Waals surface area contributed by atoms with E-state index in [0.717, 1.165) is 23.4 Å². The van der Waals surface area contributed by atoms with Crippen LogP contribution in [0.5, 0.6) is 0 Å². The summed E-state index contributed by atoms with van der Waals surface area (Å²) in [6, 6.07) is 20.6. The highest BCUT2D eigenvalue weighted by Gasteiger charge is 2.15. The van der Waals surface area contributed by atoms with Gasteiger partial charge in [0.2, 0.25) is 5.91 Å². The molecule has 0 fully saturated rings. The molecule has 0 aromatic heterocycles. The Bertz CT molecular complexity index is 1510. The van der Waals surface area contributed by atoms with Gasteiger partial charge in [-0.15, -0.1) is 0 Å². The maximum Gasteiger partial charge on any atom is 0.308 e. The molecule has 0 spiro atoms. The number of nitriles is 2. The van der Waals surface area contributed by atoms with Crippen LogP contribution in [0.2, 0.25) is 0 Å². The van der Waals surface area contributed by atoms with E-state index in [1.54, 1.807) is 24.3 Å². The molecule has 0 aliphatic rings. The van der Waals surface area contributed by atoms with E-state index in [0.29, 0.717) is 24.5 Å². The summed E-state index contributed by atoms with van der Waals surface area (Å²) in [5.41, 5.74) is 13.7. The second-order valence-corrected chi connectivity index (χ2v) is 8.91. The molecule has 0 heterocycles. The number of Topliss-reactive ketones (excluding diaryl/α,β-unsaturated/α-hetero) is 1. The molecule has 0 aliphatic heterocycles. The summed E-state index contributed by atoms with van der Waals surface area (Å²) in [5, 5.41) is 30.3. The molecule has 0 saturated carbocycles. The van der Waals surface area contributed by atoms with Gasteiger partial charge in [0.05, 0.1) is 39.5 Å². The van der Waals surface area contributed by atoms with E-state index in [4.69, 9.17) is 26.7 Å². The van der Waals surface area contributed by atoms with Crippen molar-refractivity contribution in [3.8, 4) is 12.1 Å². The first-order chi connectivity index (χ1) is 19.9. The molecule has 0 aliphatic carbocycles. The van der Waals surface area contributed by atoms with Crippen LogP contribution in [0, 0.1) is 32.8 Å². The molecule has 0 unspecified atom stereocenters. The zero-order valence-corrected chi connectivity index (χ0v) is 23.0. The van der Waals surface area contributed by atoms with Crippen LogP contribution in [0.15, 0.2) is 60.7 Å². The van der Waals surface area contributed by atoms with Gasteiger partial charge in [-0.05, 0) is 30.7 Å². The number of nitrogen functional groups attached to an aromatic ring is 2. The fourth-order valence-corrected chi connectivity index (χ4v) is 3.55. The van der Waals surface area contributed by atoms with Crippen molar-refractivity contribution in [1.29, 1.82) is 10.5 Å². The molecule has 13 heteroatoms. The summed E-state index contributed by atoms with van der Waals surface area (Å²) in [4.78, 5) is 46.0. The third-order valence-electron chi connectivity index (χ3n) is 5.57. The van der Waals surface area contributed by atoms with Crippen molar-refractivity contribution in [2.45, 2.75) is 26.8 Å². The molecular weight excluding hydrogens is 542 g/mol. The molecule has 0 bridgehead atoms. The maximum atomic E-state index is 11.9. The Morgan fingerprint density at radius 2 is 1.62 bits per heavy atom. The Morgan fingerprint density at radius 3 is 2.14 bits per heavy atom. The van der Waals surface area contributed by atoms with E-state index in [2.05, 4.69) is 5.32 Å². The standard InChI is InChI=1S/C21H25N3O4.C8H4N4O2/c1-15(25)14-28-21(27)10-11-24(13-17-6-4-3-5-7-17)18-8-9-19(22)20(12-18)23-16(2)26;9-3-5-1-7(12(13)14)2-6(4-10)8(5)11/h3-9,12H,10-11,13-14,22H2,1-2H3,(H,23,26);1-2H,11H2. The largest absolute Gasteiger partial charge is 0.458 e. The summed E-state index contributed by atoms with van der Waals surface area (Å²) >= 11 is 0. The van der Waals surface area contributed by atoms with Gasteiger partial charge in [-0.3, -0.25) is 24.5 Å². The van der Waals surface area contributed by atoms with Crippen molar-refractivity contribution in [3.63, 3.8) is 0 Å². The first-order valence-corrected chi connectivity index (χ1v) is 12.4. The number of rotatable bonds is 10. The highest BCUT2D eigenvalue weighted by atomic mass is 16.6. The lowest BCUT2D eigenvalue weighted by Gasteiger charge is -2.25. The van der Waals surface area contributed by atoms with E-state index in [-0.39, 0.29) is 47.2 Å². The van der Waals surface area contributed by atoms with Crippen molar-refractivity contribution >= 4 is 46.1 Å². The van der Waals surface area contributed by atoms with Crippen LogP contribution in [-0.2, 0) is 25.7 Å². The molecule has 3 rings (SSSR count). The van der Waals surface area contributed by atoms with Gasteiger partial charge in [-0.25, -0.2) is 0 Å². The van der Waals surface area contributed by atoms with Gasteiger partial charge in [0.15, 0.2) is 5.78 Å². The van der Waals surface area contributed by atoms with Crippen LogP contribution < -0.4 is 21.7 Å². The molecule has 42 heavy (non-hydrogen) atoms. The van der Waals surface area contributed by atoms with Crippen LogP contribution in [0.1, 0.15) is 37.0 Å². The quantitative estimate of drug-likeness (QED) is 0.138.